The molecule has 1 fully saturated rings. The molecule has 0 aromatic rings. The Kier molecular flexibility index (Phi) is 3.41. The zero-order chi connectivity index (χ0) is 10.6. The van der Waals surface area contributed by atoms with Crippen LogP contribution >= 0.6 is 0 Å². The molecule has 7 heteroatoms. The topological polar surface area (TPSA) is 95.9 Å². The van der Waals surface area contributed by atoms with Gasteiger partial charge in [0.15, 0.2) is 0 Å². The number of imide groups is 1. The summed E-state index contributed by atoms with van der Waals surface area (Å²) in [6.45, 7) is -0.0635. The van der Waals surface area contributed by atoms with Crippen LogP contribution in [0.3, 0.4) is 0 Å². The molecule has 1 saturated heterocycles. The molecule has 1 heterocycles. The molecule has 0 saturated carbocycles. The molecule has 7 nitrogen and oxygen atoms in total. The molecule has 2 amide bonds. The predicted molar refractivity (Wildman–Crippen MR) is 43.6 cm³/mol. The average molecular weight is 202 g/mol. The van der Waals surface area contributed by atoms with Crippen LogP contribution < -0.4 is 5.32 Å². The number of rotatable bonds is 4. The Labute approximate surface area is 79.6 Å². The Balaban J connectivity index is 2.27. The van der Waals surface area contributed by atoms with Gasteiger partial charge in [0.1, 0.15) is 6.61 Å². The van der Waals surface area contributed by atoms with Crippen LogP contribution in [0.5, 0.6) is 0 Å². The van der Waals surface area contributed by atoms with Crippen LogP contribution in [0.25, 0.3) is 0 Å². The molecule has 0 aromatic heterocycles. The molecule has 0 bridgehead atoms. The number of amides is 2. The lowest BCUT2D eigenvalue weighted by Crippen LogP contribution is -2.40. The number of carbonyl (C=O) groups is 3. The summed E-state index contributed by atoms with van der Waals surface area (Å²) in [6, 6.07) is 0. The lowest BCUT2D eigenvalue weighted by Gasteiger charge is -2.09. The highest BCUT2D eigenvalue weighted by molar-refractivity contribution is 5.94. The van der Waals surface area contributed by atoms with Gasteiger partial charge < -0.3 is 9.84 Å². The van der Waals surface area contributed by atoms with E-state index in [1.807, 2.05) is 0 Å². The quantitative estimate of drug-likeness (QED) is 0.584. The van der Waals surface area contributed by atoms with Crippen molar-refractivity contribution in [3.63, 3.8) is 0 Å². The number of nitrogens with zero attached hydrogens (tertiary/aromatic N) is 1. The molecule has 2 N–H and O–H groups in total. The summed E-state index contributed by atoms with van der Waals surface area (Å²) >= 11 is 0. The van der Waals surface area contributed by atoms with E-state index in [2.05, 4.69) is 10.1 Å². The molecule has 14 heavy (non-hydrogen) atoms. The van der Waals surface area contributed by atoms with Crippen LogP contribution in [0, 0.1) is 0 Å². The monoisotopic (exact) mass is 202 g/mol. The van der Waals surface area contributed by atoms with Crippen LogP contribution in [0.2, 0.25) is 0 Å². The maximum absolute atomic E-state index is 11.2. The second-order valence-electron chi connectivity index (χ2n) is 2.66. The Hall–Kier alpha value is -1.63. The molecule has 0 atom stereocenters. The molecule has 0 radical (unpaired) electrons. The number of ether oxygens (including phenoxy) is 1. The smallest absolute Gasteiger partial charge is 0.416 e. The van der Waals surface area contributed by atoms with Gasteiger partial charge in [-0.05, 0) is 0 Å². The first kappa shape index (κ1) is 10.5. The van der Waals surface area contributed by atoms with Gasteiger partial charge in [0.25, 0.3) is 0 Å². The van der Waals surface area contributed by atoms with Crippen LogP contribution in [-0.4, -0.2) is 54.2 Å². The normalized spacial score (nSPS) is 15.4. The number of carboxylic acids is 1. The third-order valence-corrected chi connectivity index (χ3v) is 1.61. The van der Waals surface area contributed by atoms with E-state index in [0.29, 0.717) is 0 Å². The zero-order valence-corrected chi connectivity index (χ0v) is 7.36. The largest absolute Gasteiger partial charge is 0.480 e. The molecule has 78 valence electrons. The lowest BCUT2D eigenvalue weighted by atomic mass is 10.5. The summed E-state index contributed by atoms with van der Waals surface area (Å²) in [6.07, 6.45) is -0.674. The molecular formula is C7H10N2O5. The standard InChI is InChI=1S/C7H10N2O5/c10-5(3-8-4-6(11)12)9-1-2-14-7(9)13/h8H,1-4H2,(H,11,12). The van der Waals surface area contributed by atoms with Crippen molar-refractivity contribution in [1.82, 2.24) is 10.2 Å². The van der Waals surface area contributed by atoms with Gasteiger partial charge in [-0.2, -0.15) is 0 Å². The average Bonchev–Trinajstić information content (AvgIpc) is 2.50. The SMILES string of the molecule is O=C(O)CNCC(=O)N1CCOC1=O. The van der Waals surface area contributed by atoms with Gasteiger partial charge in [-0.1, -0.05) is 0 Å². The van der Waals surface area contributed by atoms with Gasteiger partial charge in [-0.25, -0.2) is 9.69 Å². The zero-order valence-electron chi connectivity index (χ0n) is 7.36. The summed E-state index contributed by atoms with van der Waals surface area (Å²) in [5, 5.41) is 10.6. The molecule has 1 rings (SSSR count). The van der Waals surface area contributed by atoms with Gasteiger partial charge in [-0.3, -0.25) is 14.9 Å². The van der Waals surface area contributed by atoms with Crippen molar-refractivity contribution in [2.45, 2.75) is 0 Å². The molecule has 0 aliphatic carbocycles. The van der Waals surface area contributed by atoms with E-state index in [1.54, 1.807) is 0 Å². The maximum atomic E-state index is 11.2. The minimum Gasteiger partial charge on any atom is -0.480 e. The van der Waals surface area contributed by atoms with Gasteiger partial charge >= 0.3 is 12.1 Å². The van der Waals surface area contributed by atoms with Crippen molar-refractivity contribution < 1.29 is 24.2 Å². The van der Waals surface area contributed by atoms with E-state index in [0.717, 1.165) is 4.90 Å². The van der Waals surface area contributed by atoms with Crippen LogP contribution in [0.4, 0.5) is 4.79 Å². The molecule has 0 aromatic carbocycles. The number of cyclic esters (lactones) is 1. The third-order valence-electron chi connectivity index (χ3n) is 1.61. The minimum absolute atomic E-state index is 0.179. The highest BCUT2D eigenvalue weighted by Crippen LogP contribution is 2.02. The van der Waals surface area contributed by atoms with Crippen molar-refractivity contribution in [2.24, 2.45) is 0 Å². The highest BCUT2D eigenvalue weighted by atomic mass is 16.6. The van der Waals surface area contributed by atoms with E-state index in [4.69, 9.17) is 5.11 Å². The summed E-state index contributed by atoms with van der Waals surface area (Å²) in [7, 11) is 0. The van der Waals surface area contributed by atoms with E-state index < -0.39 is 18.0 Å². The van der Waals surface area contributed by atoms with Gasteiger partial charge in [0.2, 0.25) is 5.91 Å². The Morgan fingerprint density at radius 2 is 2.21 bits per heavy atom. The summed E-state index contributed by atoms with van der Waals surface area (Å²) in [4.78, 5) is 33.1. The molecule has 1 aliphatic heterocycles. The van der Waals surface area contributed by atoms with Crippen molar-refractivity contribution >= 4 is 18.0 Å². The predicted octanol–water partition coefficient (Wildman–Crippen LogP) is -1.36. The van der Waals surface area contributed by atoms with Gasteiger partial charge in [-0.15, -0.1) is 0 Å². The number of hydrogen-bond acceptors (Lipinski definition) is 5. The molecule has 0 unspecified atom stereocenters. The first-order valence-electron chi connectivity index (χ1n) is 4.01. The fourth-order valence-electron chi connectivity index (χ4n) is 0.992. The number of carboxylic acid groups (broad SMARTS) is 1. The molecular weight excluding hydrogens is 192 g/mol. The number of nitrogens with one attached hydrogen (secondary N) is 1. The fraction of sp³-hybridized carbons (Fsp3) is 0.571. The first-order valence-corrected chi connectivity index (χ1v) is 4.01. The number of carbonyl (C=O) groups excluding carboxylic acids is 2. The Morgan fingerprint density at radius 3 is 2.71 bits per heavy atom. The van der Waals surface area contributed by atoms with E-state index in [-0.39, 0.29) is 26.2 Å². The first-order chi connectivity index (χ1) is 6.61. The van der Waals surface area contributed by atoms with Crippen molar-refractivity contribution in [2.75, 3.05) is 26.2 Å². The van der Waals surface area contributed by atoms with E-state index in [1.165, 1.54) is 0 Å². The van der Waals surface area contributed by atoms with Crippen molar-refractivity contribution in [3.8, 4) is 0 Å². The van der Waals surface area contributed by atoms with Crippen LogP contribution in [0.1, 0.15) is 0 Å². The van der Waals surface area contributed by atoms with Crippen molar-refractivity contribution in [1.29, 1.82) is 0 Å². The van der Waals surface area contributed by atoms with Crippen LogP contribution in [0.15, 0.2) is 0 Å². The highest BCUT2D eigenvalue weighted by Gasteiger charge is 2.27. The molecule has 0 spiro atoms. The minimum atomic E-state index is -1.05. The third kappa shape index (κ3) is 2.70. The summed E-state index contributed by atoms with van der Waals surface area (Å²) in [5.41, 5.74) is 0. The Morgan fingerprint density at radius 1 is 1.50 bits per heavy atom. The second kappa shape index (κ2) is 4.56. The van der Waals surface area contributed by atoms with Crippen LogP contribution in [-0.2, 0) is 14.3 Å². The molecule has 1 aliphatic rings. The maximum Gasteiger partial charge on any atom is 0.416 e. The Bertz CT molecular complexity index is 265. The summed E-state index contributed by atoms with van der Waals surface area (Å²) < 4.78 is 4.54. The van der Waals surface area contributed by atoms with E-state index in [9.17, 15) is 14.4 Å². The fourth-order valence-corrected chi connectivity index (χ4v) is 0.992. The van der Waals surface area contributed by atoms with Gasteiger partial charge in [0.05, 0.1) is 19.6 Å². The van der Waals surface area contributed by atoms with Gasteiger partial charge in [0, 0.05) is 0 Å². The second-order valence-corrected chi connectivity index (χ2v) is 2.66. The summed E-state index contributed by atoms with van der Waals surface area (Å²) in [5.74, 6) is -1.53. The number of aliphatic carboxylic acids is 1. The van der Waals surface area contributed by atoms with Crippen molar-refractivity contribution in [3.05, 3.63) is 0 Å². The van der Waals surface area contributed by atoms with E-state index >= 15 is 0 Å². The number of hydrogen-bond donors (Lipinski definition) is 2. The lowest BCUT2D eigenvalue weighted by molar-refractivity contribution is -0.136.